The maximum Gasteiger partial charge on any atom is 0.253 e. The minimum absolute atomic E-state index is 0.0398. The lowest BCUT2D eigenvalue weighted by molar-refractivity contribution is 0.230. The van der Waals surface area contributed by atoms with Crippen molar-refractivity contribution in [2.45, 2.75) is 59.8 Å². The van der Waals surface area contributed by atoms with Crippen molar-refractivity contribution in [2.24, 2.45) is 7.05 Å². The van der Waals surface area contributed by atoms with Crippen molar-refractivity contribution < 1.29 is 8.78 Å². The first-order valence-corrected chi connectivity index (χ1v) is 12.6. The van der Waals surface area contributed by atoms with Crippen LogP contribution in [0.4, 0.5) is 8.78 Å². The van der Waals surface area contributed by atoms with Crippen LogP contribution >= 0.6 is 0 Å². The molecule has 0 N–H and O–H groups in total. The Morgan fingerprint density at radius 3 is 2.59 bits per heavy atom. The fraction of sp³-hybridized carbons (Fsp3) is 0.367. The van der Waals surface area contributed by atoms with Gasteiger partial charge in [0.15, 0.2) is 0 Å². The van der Waals surface area contributed by atoms with Crippen molar-refractivity contribution >= 4 is 5.57 Å². The van der Waals surface area contributed by atoms with Crippen LogP contribution in [0.3, 0.4) is 0 Å². The third-order valence-corrected chi connectivity index (χ3v) is 7.28. The Bertz CT molecular complexity index is 1440. The van der Waals surface area contributed by atoms with Gasteiger partial charge in [-0.15, -0.1) is 0 Å². The van der Waals surface area contributed by atoms with Gasteiger partial charge in [0, 0.05) is 56.1 Å². The molecule has 2 aromatic heterocycles. The maximum atomic E-state index is 14.2. The number of allylic oxidation sites excluding steroid dienone is 2. The number of benzene rings is 1. The van der Waals surface area contributed by atoms with Crippen LogP contribution in [0.2, 0.25) is 0 Å². The summed E-state index contributed by atoms with van der Waals surface area (Å²) < 4.78 is 29.7. The molecule has 1 aliphatic heterocycles. The van der Waals surface area contributed by atoms with Gasteiger partial charge in [-0.1, -0.05) is 24.3 Å². The van der Waals surface area contributed by atoms with Crippen molar-refractivity contribution in [3.05, 3.63) is 98.8 Å². The zero-order valence-electron chi connectivity index (χ0n) is 22.3. The van der Waals surface area contributed by atoms with Crippen LogP contribution in [0.15, 0.2) is 59.0 Å². The zero-order valence-corrected chi connectivity index (χ0v) is 22.3. The van der Waals surface area contributed by atoms with E-state index < -0.39 is 6.17 Å². The molecule has 194 valence electrons. The summed E-state index contributed by atoms with van der Waals surface area (Å²) in [7, 11) is 1.66. The lowest BCUT2D eigenvalue weighted by Gasteiger charge is -2.35. The van der Waals surface area contributed by atoms with Crippen LogP contribution < -0.4 is 5.56 Å². The smallest absolute Gasteiger partial charge is 0.253 e. The van der Waals surface area contributed by atoms with E-state index in [2.05, 4.69) is 22.0 Å². The molecule has 0 saturated heterocycles. The Morgan fingerprint density at radius 1 is 1.16 bits per heavy atom. The number of fused-ring (bicyclic) bond motifs is 1. The average molecular weight is 505 g/mol. The number of nitrogens with zero attached hydrogens (tertiary/aromatic N) is 4. The summed E-state index contributed by atoms with van der Waals surface area (Å²) in [5, 5.41) is 0. The highest BCUT2D eigenvalue weighted by atomic mass is 19.1. The molecule has 5 nitrogen and oxygen atoms in total. The number of alkyl halides is 1. The van der Waals surface area contributed by atoms with Crippen molar-refractivity contribution in [1.82, 2.24) is 19.4 Å². The molecule has 2 unspecified atom stereocenters. The molecular weight excluding hydrogens is 470 g/mol. The second-order valence-corrected chi connectivity index (χ2v) is 9.81. The number of hydrogen-bond donors (Lipinski definition) is 0. The predicted molar refractivity (Wildman–Crippen MR) is 144 cm³/mol. The van der Waals surface area contributed by atoms with Crippen LogP contribution in [0.1, 0.15) is 62.2 Å². The Morgan fingerprint density at radius 2 is 1.92 bits per heavy atom. The summed E-state index contributed by atoms with van der Waals surface area (Å²) in [4.78, 5) is 24.0. The first-order chi connectivity index (χ1) is 17.6. The lowest BCUT2D eigenvalue weighted by atomic mass is 9.95. The van der Waals surface area contributed by atoms with Gasteiger partial charge in [-0.3, -0.25) is 19.2 Å². The average Bonchev–Trinajstić information content (AvgIpc) is 2.88. The van der Waals surface area contributed by atoms with E-state index in [9.17, 15) is 13.6 Å². The first-order valence-electron chi connectivity index (χ1n) is 12.6. The Balaban J connectivity index is 1.70. The van der Waals surface area contributed by atoms with E-state index >= 15 is 0 Å². The normalized spacial score (nSPS) is 16.4. The second kappa shape index (κ2) is 10.9. The number of halogens is 2. The molecule has 3 aromatic rings. The molecule has 7 heteroatoms. The van der Waals surface area contributed by atoms with Crippen molar-refractivity contribution in [1.29, 1.82) is 0 Å². The second-order valence-electron chi connectivity index (χ2n) is 9.81. The third-order valence-electron chi connectivity index (χ3n) is 7.28. The van der Waals surface area contributed by atoms with Gasteiger partial charge < -0.3 is 0 Å². The fourth-order valence-electron chi connectivity index (χ4n) is 4.83. The zero-order chi connectivity index (χ0) is 26.9. The van der Waals surface area contributed by atoms with E-state index in [0.717, 1.165) is 46.5 Å². The molecule has 1 aromatic carbocycles. The van der Waals surface area contributed by atoms with Crippen LogP contribution in [0.5, 0.6) is 0 Å². The van der Waals surface area contributed by atoms with Gasteiger partial charge in [0.25, 0.3) is 5.56 Å². The van der Waals surface area contributed by atoms with E-state index in [4.69, 9.17) is 4.98 Å². The number of hydrogen-bond acceptors (Lipinski definition) is 4. The molecule has 3 heterocycles. The highest BCUT2D eigenvalue weighted by Crippen LogP contribution is 2.30. The van der Waals surface area contributed by atoms with Gasteiger partial charge in [0.1, 0.15) is 17.8 Å². The van der Waals surface area contributed by atoms with Gasteiger partial charge in [-0.25, -0.2) is 13.8 Å². The summed E-state index contributed by atoms with van der Waals surface area (Å²) in [6.07, 6.45) is 5.45. The molecule has 1 aliphatic rings. The van der Waals surface area contributed by atoms with Gasteiger partial charge in [0.2, 0.25) is 0 Å². The Kier molecular flexibility index (Phi) is 7.83. The third kappa shape index (κ3) is 5.47. The van der Waals surface area contributed by atoms with E-state index in [0.29, 0.717) is 17.9 Å². The largest absolute Gasteiger partial charge is 0.296 e. The van der Waals surface area contributed by atoms with Gasteiger partial charge in [-0.05, 0) is 74.6 Å². The number of aryl methyl sites for hydroxylation is 1. The minimum Gasteiger partial charge on any atom is -0.296 e. The summed E-state index contributed by atoms with van der Waals surface area (Å²) in [6.45, 7) is 10.6. The van der Waals surface area contributed by atoms with E-state index in [1.165, 1.54) is 17.6 Å². The van der Waals surface area contributed by atoms with Crippen LogP contribution in [-0.2, 0) is 20.0 Å². The molecule has 37 heavy (non-hydrogen) atoms. The number of pyridine rings is 1. The summed E-state index contributed by atoms with van der Waals surface area (Å²) in [6, 6.07) is 8.59. The maximum absolute atomic E-state index is 14.2. The lowest BCUT2D eigenvalue weighted by Crippen LogP contribution is -2.39. The molecule has 0 amide bonds. The van der Waals surface area contributed by atoms with Gasteiger partial charge >= 0.3 is 0 Å². The molecule has 0 saturated carbocycles. The first kappa shape index (κ1) is 26.6. The topological polar surface area (TPSA) is 51.0 Å². The van der Waals surface area contributed by atoms with E-state index in [1.54, 1.807) is 26.1 Å². The molecule has 0 radical (unpaired) electrons. The fourth-order valence-corrected chi connectivity index (χ4v) is 4.83. The van der Waals surface area contributed by atoms with Gasteiger partial charge in [0.05, 0.1) is 5.69 Å². The SMILES string of the molecule is C/C=C\C(/C(C)=C(/C)c1nc(C(C)F)cc(=O)n1C)N1CCc2ncc(-c3ccc(C)c(F)c3)cc2C1. The number of rotatable bonds is 6. The van der Waals surface area contributed by atoms with Crippen molar-refractivity contribution in [3.63, 3.8) is 0 Å². The Hall–Kier alpha value is -3.45. The summed E-state index contributed by atoms with van der Waals surface area (Å²) in [5.74, 6) is 0.247. The number of aromatic nitrogens is 3. The monoisotopic (exact) mass is 504 g/mol. The standard InChI is InChI=1S/C30H34F2N4O/c1-7-8-28(19(3)20(4)30-34-27(21(5)31)15-29(37)35(30)6)36-12-11-26-24(17-36)13-23(16-33-26)22-10-9-18(2)25(32)14-22/h7-10,13-16,21,28H,11-12,17H2,1-6H3/b8-7-,20-19-. The molecule has 4 rings (SSSR count). The van der Waals surface area contributed by atoms with Crippen molar-refractivity contribution in [3.8, 4) is 11.1 Å². The molecule has 0 spiro atoms. The summed E-state index contributed by atoms with van der Waals surface area (Å²) in [5.41, 5.74) is 6.23. The highest BCUT2D eigenvalue weighted by Gasteiger charge is 2.26. The van der Waals surface area contributed by atoms with Crippen LogP contribution in [0, 0.1) is 12.7 Å². The van der Waals surface area contributed by atoms with Gasteiger partial charge in [-0.2, -0.15) is 0 Å². The predicted octanol–water partition coefficient (Wildman–Crippen LogP) is 6.12. The van der Waals surface area contributed by atoms with Crippen molar-refractivity contribution in [2.75, 3.05) is 6.54 Å². The molecule has 0 aliphatic carbocycles. The van der Waals surface area contributed by atoms with Crippen LogP contribution in [0.25, 0.3) is 16.7 Å². The Labute approximate surface area is 217 Å². The van der Waals surface area contributed by atoms with E-state index in [-0.39, 0.29) is 23.1 Å². The molecule has 0 fully saturated rings. The quantitative estimate of drug-likeness (QED) is 0.380. The van der Waals surface area contributed by atoms with Crippen LogP contribution in [-0.4, -0.2) is 32.0 Å². The highest BCUT2D eigenvalue weighted by molar-refractivity contribution is 5.65. The molecule has 0 bridgehead atoms. The molecule has 2 atom stereocenters. The minimum atomic E-state index is -1.32. The summed E-state index contributed by atoms with van der Waals surface area (Å²) >= 11 is 0. The van der Waals surface area contributed by atoms with E-state index in [1.807, 2.05) is 39.1 Å². The molecular formula is C30H34F2N4O.